The second kappa shape index (κ2) is 11.4. The monoisotopic (exact) mass is 507 g/mol. The van der Waals surface area contributed by atoms with Crippen molar-refractivity contribution in [3.8, 4) is 17.0 Å². The van der Waals surface area contributed by atoms with Crippen LogP contribution in [0, 0.1) is 17.6 Å². The van der Waals surface area contributed by atoms with Crippen molar-refractivity contribution < 1.29 is 26.8 Å². The van der Waals surface area contributed by atoms with E-state index in [1.165, 1.54) is 37.7 Å². The first-order chi connectivity index (χ1) is 16.9. The lowest BCUT2D eigenvalue weighted by Crippen LogP contribution is -2.44. The van der Waals surface area contributed by atoms with Crippen molar-refractivity contribution in [2.45, 2.75) is 50.2 Å². The van der Waals surface area contributed by atoms with Gasteiger partial charge in [-0.2, -0.15) is 0 Å². The van der Waals surface area contributed by atoms with Crippen LogP contribution >= 0.6 is 0 Å². The quantitative estimate of drug-likeness (QED) is 0.380. The zero-order valence-electron chi connectivity index (χ0n) is 19.8. The van der Waals surface area contributed by atoms with Crippen LogP contribution in [-0.4, -0.2) is 56.0 Å². The van der Waals surface area contributed by atoms with Crippen LogP contribution < -0.4 is 4.74 Å². The van der Waals surface area contributed by atoms with Gasteiger partial charge in [0.05, 0.1) is 24.3 Å². The van der Waals surface area contributed by atoms with Gasteiger partial charge in [-0.15, -0.1) is 0 Å². The van der Waals surface area contributed by atoms with Crippen LogP contribution in [0.3, 0.4) is 0 Å². The molecule has 190 valence electrons. The minimum absolute atomic E-state index is 0.0372. The lowest BCUT2D eigenvalue weighted by molar-refractivity contribution is 0.183. The highest BCUT2D eigenvalue weighted by Gasteiger charge is 2.35. The van der Waals surface area contributed by atoms with Crippen molar-refractivity contribution >= 4 is 16.2 Å². The second-order valence-corrected chi connectivity index (χ2v) is 11.3. The number of pyridine rings is 1. The number of hydrogen-bond acceptors (Lipinski definition) is 6. The van der Waals surface area contributed by atoms with E-state index in [1.54, 1.807) is 10.4 Å². The number of aromatic nitrogens is 1. The molecular formula is C25H31F2N3O4S. The van der Waals surface area contributed by atoms with Crippen LogP contribution in [0.25, 0.3) is 11.3 Å². The van der Waals surface area contributed by atoms with Crippen LogP contribution in [0.1, 0.15) is 50.5 Å². The maximum Gasteiger partial charge on any atom is 0.216 e. The van der Waals surface area contributed by atoms with Crippen LogP contribution in [0.2, 0.25) is 0 Å². The van der Waals surface area contributed by atoms with Crippen molar-refractivity contribution in [1.82, 2.24) is 9.29 Å². The van der Waals surface area contributed by atoms with E-state index in [0.29, 0.717) is 38.1 Å². The van der Waals surface area contributed by atoms with Gasteiger partial charge < -0.3 is 9.57 Å². The van der Waals surface area contributed by atoms with Gasteiger partial charge >= 0.3 is 0 Å². The molecule has 2 aromatic rings. The molecule has 2 heterocycles. The number of rotatable bonds is 8. The first-order valence-electron chi connectivity index (χ1n) is 12.0. The van der Waals surface area contributed by atoms with Gasteiger partial charge in [0.2, 0.25) is 10.0 Å². The van der Waals surface area contributed by atoms with Gasteiger partial charge in [0.15, 0.2) is 5.82 Å². The normalized spacial score (nSPS) is 18.7. The van der Waals surface area contributed by atoms with Gasteiger partial charge in [0.1, 0.15) is 24.4 Å². The molecule has 2 fully saturated rings. The molecule has 10 heteroatoms. The van der Waals surface area contributed by atoms with Crippen LogP contribution in [0.4, 0.5) is 8.78 Å². The average Bonchev–Trinajstić information content (AvgIpc) is 2.87. The van der Waals surface area contributed by atoms with Crippen molar-refractivity contribution in [2.24, 2.45) is 11.1 Å². The Morgan fingerprint density at radius 3 is 2.49 bits per heavy atom. The highest BCUT2D eigenvalue weighted by molar-refractivity contribution is 7.89. The van der Waals surface area contributed by atoms with Crippen molar-refractivity contribution in [3.63, 3.8) is 0 Å². The summed E-state index contributed by atoms with van der Waals surface area (Å²) >= 11 is 0. The van der Waals surface area contributed by atoms with E-state index in [1.807, 2.05) is 0 Å². The van der Waals surface area contributed by atoms with Crippen molar-refractivity contribution in [3.05, 3.63) is 47.7 Å². The molecular weight excluding hydrogens is 476 g/mol. The fraction of sp³-hybridized carbons (Fsp3) is 0.520. The van der Waals surface area contributed by atoms with Crippen molar-refractivity contribution in [2.75, 3.05) is 26.8 Å². The summed E-state index contributed by atoms with van der Waals surface area (Å²) in [4.78, 5) is 8.65. The average molecular weight is 508 g/mol. The standard InChI is InChI=1S/C25H31F2N3O4S/c1-33-29-15-19-7-8-22(23(26)13-19)25-24(27)14-20(16-28-25)34-17-18-9-11-30(12-10-18)35(31,32)21-5-3-2-4-6-21/h7-8,13-16,18,21H,2-6,9-12,17H2,1H3/b29-15+. The Bertz CT molecular complexity index is 1150. The third kappa shape index (κ3) is 6.16. The third-order valence-corrected chi connectivity index (χ3v) is 9.16. The molecule has 1 aromatic carbocycles. The zero-order chi connectivity index (χ0) is 24.8. The first kappa shape index (κ1) is 25.5. The zero-order valence-corrected chi connectivity index (χ0v) is 20.6. The van der Waals surface area contributed by atoms with Gasteiger partial charge in [-0.05, 0) is 49.3 Å². The van der Waals surface area contributed by atoms with Gasteiger partial charge in [0, 0.05) is 24.7 Å². The predicted octanol–water partition coefficient (Wildman–Crippen LogP) is 4.76. The fourth-order valence-electron chi connectivity index (χ4n) is 4.73. The first-order valence-corrected chi connectivity index (χ1v) is 13.5. The number of nitrogens with zero attached hydrogens (tertiary/aromatic N) is 3. The molecule has 1 aliphatic carbocycles. The molecule has 0 unspecified atom stereocenters. The van der Waals surface area contributed by atoms with E-state index >= 15 is 0 Å². The minimum Gasteiger partial charge on any atom is -0.492 e. The summed E-state index contributed by atoms with van der Waals surface area (Å²) in [6.45, 7) is 1.32. The lowest BCUT2D eigenvalue weighted by Gasteiger charge is -2.34. The topological polar surface area (TPSA) is 81.1 Å². The molecule has 1 aromatic heterocycles. The molecule has 35 heavy (non-hydrogen) atoms. The molecule has 1 aliphatic heterocycles. The summed E-state index contributed by atoms with van der Waals surface area (Å²) in [5.41, 5.74) is 0.410. The predicted molar refractivity (Wildman–Crippen MR) is 130 cm³/mol. The van der Waals surface area contributed by atoms with Crippen LogP contribution in [0.5, 0.6) is 5.75 Å². The third-order valence-electron chi connectivity index (χ3n) is 6.76. The Hall–Kier alpha value is -2.59. The van der Waals surface area contributed by atoms with E-state index in [4.69, 9.17) is 4.74 Å². The SMILES string of the molecule is CO/N=C/c1ccc(-c2ncc(OCC3CCN(S(=O)(=O)C4CCCCC4)CC3)cc2F)c(F)c1. The Labute approximate surface area is 205 Å². The van der Waals surface area contributed by atoms with E-state index in [0.717, 1.165) is 32.1 Å². The molecule has 0 atom stereocenters. The van der Waals surface area contributed by atoms with E-state index in [2.05, 4.69) is 15.0 Å². The summed E-state index contributed by atoms with van der Waals surface area (Å²) in [6.07, 6.45) is 8.73. The molecule has 2 aliphatic rings. The highest BCUT2D eigenvalue weighted by Crippen LogP contribution is 2.30. The van der Waals surface area contributed by atoms with Crippen LogP contribution in [0.15, 0.2) is 35.6 Å². The Balaban J connectivity index is 1.32. The number of sulfonamides is 1. The van der Waals surface area contributed by atoms with Crippen molar-refractivity contribution in [1.29, 1.82) is 0 Å². The maximum absolute atomic E-state index is 14.7. The molecule has 1 saturated heterocycles. The Kier molecular flexibility index (Phi) is 8.33. The summed E-state index contributed by atoms with van der Waals surface area (Å²) in [5.74, 6) is -0.879. The van der Waals surface area contributed by atoms with E-state index < -0.39 is 21.7 Å². The second-order valence-electron chi connectivity index (χ2n) is 9.12. The highest BCUT2D eigenvalue weighted by atomic mass is 32.2. The van der Waals surface area contributed by atoms with E-state index in [9.17, 15) is 17.2 Å². The minimum atomic E-state index is -3.23. The molecule has 0 N–H and O–H groups in total. The van der Waals surface area contributed by atoms with Gasteiger partial charge in [-0.3, -0.25) is 0 Å². The number of benzene rings is 1. The summed E-state index contributed by atoms with van der Waals surface area (Å²) in [7, 11) is -1.85. The molecule has 1 saturated carbocycles. The summed E-state index contributed by atoms with van der Waals surface area (Å²) in [5, 5.41) is 3.34. The molecule has 0 bridgehead atoms. The van der Waals surface area contributed by atoms with Gasteiger partial charge in [0.25, 0.3) is 0 Å². The smallest absolute Gasteiger partial charge is 0.216 e. The number of piperidine rings is 1. The number of ether oxygens (including phenoxy) is 1. The summed E-state index contributed by atoms with van der Waals surface area (Å²) in [6, 6.07) is 5.45. The van der Waals surface area contributed by atoms with Gasteiger partial charge in [-0.25, -0.2) is 26.5 Å². The largest absolute Gasteiger partial charge is 0.492 e. The fourth-order valence-corrected chi connectivity index (χ4v) is 6.80. The molecule has 0 spiro atoms. The van der Waals surface area contributed by atoms with Crippen LogP contribution in [-0.2, 0) is 14.9 Å². The number of halogens is 2. The number of oxime groups is 1. The van der Waals surface area contributed by atoms with E-state index in [-0.39, 0.29) is 28.2 Å². The molecule has 4 rings (SSSR count). The van der Waals surface area contributed by atoms with Gasteiger partial charge in [-0.1, -0.05) is 30.5 Å². The lowest BCUT2D eigenvalue weighted by atomic mass is 9.99. The maximum atomic E-state index is 14.7. The molecule has 7 nitrogen and oxygen atoms in total. The number of hydrogen-bond donors (Lipinski definition) is 0. The molecule has 0 radical (unpaired) electrons. The molecule has 0 amide bonds. The Morgan fingerprint density at radius 2 is 1.83 bits per heavy atom. The Morgan fingerprint density at radius 1 is 1.09 bits per heavy atom. The summed E-state index contributed by atoms with van der Waals surface area (Å²) < 4.78 is 62.4.